The fourth-order valence-electron chi connectivity index (χ4n) is 11.4. The number of piperidine rings is 2. The molecule has 3 unspecified atom stereocenters. The molecule has 4 fully saturated rings. The maximum absolute atomic E-state index is 13.2. The molecule has 3 saturated heterocycles. The summed E-state index contributed by atoms with van der Waals surface area (Å²) >= 11 is 0. The number of aromatic nitrogens is 2. The SMILES string of the molecule is CC1Cc2c([nH]c3ccccc23)CN1CC(F)F.O=C1CCC(N2Cc3c(ccc4c3OCC3CN(CC5CC6(CCN(c7ccccn7)CC6)C5)CCN43)C2=O)C(=O)N1. The summed E-state index contributed by atoms with van der Waals surface area (Å²) in [5.41, 5.74) is 6.57. The van der Waals surface area contributed by atoms with Gasteiger partial charge in [0.15, 0.2) is 0 Å². The van der Waals surface area contributed by atoms with Crippen LogP contribution in [0.25, 0.3) is 10.9 Å². The van der Waals surface area contributed by atoms with E-state index in [1.165, 1.54) is 43.2 Å². The number of pyridine rings is 1. The van der Waals surface area contributed by atoms with E-state index in [1.807, 2.05) is 54.4 Å². The third-order valence-electron chi connectivity index (χ3n) is 14.5. The number of imide groups is 1. The Kier molecular flexibility index (Phi) is 10.3. The van der Waals surface area contributed by atoms with Crippen LogP contribution in [0.2, 0.25) is 0 Å². The lowest BCUT2D eigenvalue weighted by Crippen LogP contribution is -2.59. The third kappa shape index (κ3) is 7.29. The lowest BCUT2D eigenvalue weighted by Gasteiger charge is -2.54. The van der Waals surface area contributed by atoms with Crippen molar-refractivity contribution in [2.24, 2.45) is 11.3 Å². The maximum atomic E-state index is 13.2. The van der Waals surface area contributed by atoms with E-state index >= 15 is 0 Å². The predicted molar refractivity (Wildman–Crippen MR) is 224 cm³/mol. The Morgan fingerprint density at radius 2 is 1.75 bits per heavy atom. The van der Waals surface area contributed by atoms with E-state index in [9.17, 15) is 23.2 Å². The minimum Gasteiger partial charge on any atom is -0.489 e. The molecule has 0 bridgehead atoms. The number of carbonyl (C=O) groups is 3. The van der Waals surface area contributed by atoms with E-state index in [0.29, 0.717) is 43.1 Å². The van der Waals surface area contributed by atoms with Crippen LogP contribution in [0, 0.1) is 11.3 Å². The summed E-state index contributed by atoms with van der Waals surface area (Å²) in [6.45, 7) is 9.79. The van der Waals surface area contributed by atoms with Gasteiger partial charge in [-0.1, -0.05) is 24.3 Å². The van der Waals surface area contributed by atoms with Gasteiger partial charge in [0.2, 0.25) is 11.8 Å². The average Bonchev–Trinajstić information content (AvgIpc) is 3.77. The van der Waals surface area contributed by atoms with Gasteiger partial charge in [-0.3, -0.25) is 29.5 Å². The highest BCUT2D eigenvalue weighted by atomic mass is 19.3. The zero-order chi connectivity index (χ0) is 41.1. The third-order valence-corrected chi connectivity index (χ3v) is 14.5. The highest BCUT2D eigenvalue weighted by Gasteiger charge is 2.47. The summed E-state index contributed by atoms with van der Waals surface area (Å²) in [5.74, 6) is 1.87. The Hall–Kier alpha value is -5.08. The Morgan fingerprint density at radius 3 is 2.53 bits per heavy atom. The van der Waals surface area contributed by atoms with Gasteiger partial charge >= 0.3 is 0 Å². The van der Waals surface area contributed by atoms with Crippen LogP contribution in [-0.2, 0) is 29.1 Å². The number of hydrogen-bond acceptors (Lipinski definition) is 9. The number of hydrogen-bond donors (Lipinski definition) is 2. The van der Waals surface area contributed by atoms with Crippen molar-refractivity contribution in [3.8, 4) is 5.75 Å². The first-order valence-electron chi connectivity index (χ1n) is 21.8. The molecule has 14 heteroatoms. The molecule has 60 heavy (non-hydrogen) atoms. The van der Waals surface area contributed by atoms with Gasteiger partial charge in [0.1, 0.15) is 24.2 Å². The minimum atomic E-state index is -2.27. The van der Waals surface area contributed by atoms with Crippen molar-refractivity contribution in [2.75, 3.05) is 62.2 Å². The highest BCUT2D eigenvalue weighted by Crippen LogP contribution is 2.53. The molecule has 7 aliphatic rings. The molecule has 316 valence electrons. The molecule has 2 N–H and O–H groups in total. The number of benzene rings is 2. The monoisotopic (exact) mass is 820 g/mol. The van der Waals surface area contributed by atoms with E-state index in [0.717, 1.165) is 79.1 Å². The van der Waals surface area contributed by atoms with Gasteiger partial charge in [-0.25, -0.2) is 13.8 Å². The zero-order valence-electron chi connectivity index (χ0n) is 34.3. The summed E-state index contributed by atoms with van der Waals surface area (Å²) in [4.78, 5) is 56.2. The summed E-state index contributed by atoms with van der Waals surface area (Å²) in [6.07, 6.45) is 6.31. The molecule has 12 nitrogen and oxygen atoms in total. The number of aromatic amines is 1. The van der Waals surface area contributed by atoms with Crippen LogP contribution in [0.3, 0.4) is 0 Å². The molecule has 8 heterocycles. The number of carbonyl (C=O) groups excluding carboxylic acids is 3. The fourth-order valence-corrected chi connectivity index (χ4v) is 11.4. The number of fused-ring (bicyclic) bond motifs is 8. The van der Waals surface area contributed by atoms with Crippen LogP contribution in [0.15, 0.2) is 60.8 Å². The van der Waals surface area contributed by atoms with Crippen molar-refractivity contribution in [1.82, 2.24) is 30.0 Å². The summed E-state index contributed by atoms with van der Waals surface area (Å²) < 4.78 is 31.4. The van der Waals surface area contributed by atoms with E-state index in [1.54, 1.807) is 4.90 Å². The second kappa shape index (κ2) is 15.7. The number of anilines is 2. The number of para-hydroxylation sites is 1. The molecule has 4 aromatic rings. The van der Waals surface area contributed by atoms with Gasteiger partial charge in [-0.2, -0.15) is 0 Å². The first-order chi connectivity index (χ1) is 29.1. The van der Waals surface area contributed by atoms with E-state index < -0.39 is 12.5 Å². The number of rotatable bonds is 6. The lowest BCUT2D eigenvalue weighted by molar-refractivity contribution is -0.136. The van der Waals surface area contributed by atoms with E-state index in [4.69, 9.17) is 4.74 Å². The van der Waals surface area contributed by atoms with Crippen LogP contribution in [-0.4, -0.2) is 119 Å². The molecule has 1 spiro atoms. The molecule has 2 aromatic carbocycles. The average molecular weight is 821 g/mol. The van der Waals surface area contributed by atoms with Crippen LogP contribution in [0.1, 0.15) is 72.6 Å². The summed E-state index contributed by atoms with van der Waals surface area (Å²) in [6, 6.07) is 18.1. The molecular weight excluding hydrogens is 767 g/mol. The molecular formula is C46H54F2N8O4. The van der Waals surface area contributed by atoms with Gasteiger partial charge in [-0.15, -0.1) is 0 Å². The normalized spacial score (nSPS) is 25.2. The number of halogens is 2. The topological polar surface area (TPSA) is 117 Å². The molecule has 6 aliphatic heterocycles. The number of nitrogens with one attached hydrogen (secondary N) is 2. The van der Waals surface area contributed by atoms with Crippen molar-refractivity contribution in [2.45, 2.75) is 89.5 Å². The first kappa shape index (κ1) is 39.1. The number of alkyl halides is 2. The molecule has 3 amide bonds. The highest BCUT2D eigenvalue weighted by molar-refractivity contribution is 6.06. The maximum Gasteiger partial charge on any atom is 0.255 e. The van der Waals surface area contributed by atoms with E-state index in [-0.39, 0.29) is 36.7 Å². The molecule has 1 saturated carbocycles. The first-order valence-corrected chi connectivity index (χ1v) is 21.8. The van der Waals surface area contributed by atoms with Crippen LogP contribution < -0.4 is 19.9 Å². The van der Waals surface area contributed by atoms with Gasteiger partial charge < -0.3 is 24.4 Å². The number of H-pyrrole nitrogens is 1. The van der Waals surface area contributed by atoms with Crippen molar-refractivity contribution < 1.29 is 27.9 Å². The molecule has 11 rings (SSSR count). The second-order valence-corrected chi connectivity index (χ2v) is 18.2. The van der Waals surface area contributed by atoms with E-state index in [2.05, 4.69) is 48.2 Å². The number of amides is 3. The number of ether oxygens (including phenoxy) is 1. The molecule has 2 aromatic heterocycles. The molecule has 1 aliphatic carbocycles. The largest absolute Gasteiger partial charge is 0.489 e. The van der Waals surface area contributed by atoms with Gasteiger partial charge in [0, 0.05) is 92.2 Å². The van der Waals surface area contributed by atoms with Crippen molar-refractivity contribution in [1.29, 1.82) is 0 Å². The van der Waals surface area contributed by atoms with Crippen molar-refractivity contribution >= 4 is 40.1 Å². The summed E-state index contributed by atoms with van der Waals surface area (Å²) in [7, 11) is 0. The van der Waals surface area contributed by atoms with Crippen molar-refractivity contribution in [3.63, 3.8) is 0 Å². The Morgan fingerprint density at radius 1 is 0.933 bits per heavy atom. The molecule has 3 atom stereocenters. The molecule has 0 radical (unpaired) electrons. The second-order valence-electron chi connectivity index (χ2n) is 18.2. The fraction of sp³-hybridized carbons (Fsp3) is 0.522. The van der Waals surface area contributed by atoms with Gasteiger partial charge in [0.25, 0.3) is 12.3 Å². The smallest absolute Gasteiger partial charge is 0.255 e. The van der Waals surface area contributed by atoms with Crippen molar-refractivity contribution in [3.05, 3.63) is 83.2 Å². The summed E-state index contributed by atoms with van der Waals surface area (Å²) in [5, 5.41) is 3.62. The Labute approximate surface area is 349 Å². The lowest BCUT2D eigenvalue weighted by atomic mass is 9.57. The Bertz CT molecular complexity index is 2270. The standard InChI is InChI=1S/C32H38N6O4.C14H16F2N2/c39-28-7-6-26(30(40)34-28)38-19-24-23(31(38)41)4-5-25-29(24)42-20-22-18-35(13-14-37(22)25)17-21-15-32(16-21)8-11-36(12-9-32)27-3-1-2-10-33-27;1-9-6-11-10-4-2-3-5-12(10)17-13(11)7-18(9)8-14(15)16/h1-5,10,21-22,26H,6-9,11-20H2,(H,34,39,40);2-5,9,14,17H,6-8H2,1H3. The Balaban J connectivity index is 0.000000201. The van der Waals surface area contributed by atoms with Gasteiger partial charge in [-0.05, 0) is 92.7 Å². The zero-order valence-corrected chi connectivity index (χ0v) is 34.3. The quantitative estimate of drug-likeness (QED) is 0.240. The van der Waals surface area contributed by atoms with Gasteiger partial charge in [0.05, 0.1) is 24.8 Å². The van der Waals surface area contributed by atoms with Crippen LogP contribution >= 0.6 is 0 Å². The van der Waals surface area contributed by atoms with Crippen LogP contribution in [0.5, 0.6) is 5.75 Å². The number of nitrogens with zero attached hydrogens (tertiary/aromatic N) is 6. The predicted octanol–water partition coefficient (Wildman–Crippen LogP) is 5.60. The minimum absolute atomic E-state index is 0.143. The number of piperazine rings is 1. The van der Waals surface area contributed by atoms with Crippen LogP contribution in [0.4, 0.5) is 20.3 Å².